The van der Waals surface area contributed by atoms with Crippen molar-refractivity contribution in [2.75, 3.05) is 32.7 Å². The van der Waals surface area contributed by atoms with Gasteiger partial charge in [0, 0.05) is 43.6 Å². The number of piperazine rings is 1. The Morgan fingerprint density at radius 2 is 1.76 bits per heavy atom. The highest BCUT2D eigenvalue weighted by Crippen LogP contribution is 2.32. The molecule has 1 aliphatic heterocycles. The maximum absolute atomic E-state index is 12.9. The van der Waals surface area contributed by atoms with Gasteiger partial charge in [0.25, 0.3) is 12.3 Å². The third-order valence-corrected chi connectivity index (χ3v) is 5.71. The minimum absolute atomic E-state index is 0.0480. The van der Waals surface area contributed by atoms with Gasteiger partial charge in [-0.3, -0.25) is 9.69 Å². The van der Waals surface area contributed by atoms with E-state index in [1.165, 1.54) is 32.1 Å². The molecule has 1 saturated heterocycles. The number of carbonyl (C=O) groups excluding carboxylic acids is 1. The summed E-state index contributed by atoms with van der Waals surface area (Å²) < 4.78 is 27.3. The van der Waals surface area contributed by atoms with Crippen LogP contribution in [0, 0.1) is 13.8 Å². The molecule has 1 amide bonds. The number of aryl methyl sites for hydroxylation is 1. The second-order valence-corrected chi connectivity index (χ2v) is 7.43. The van der Waals surface area contributed by atoms with Gasteiger partial charge in [-0.2, -0.15) is 0 Å². The van der Waals surface area contributed by atoms with Crippen molar-refractivity contribution < 1.29 is 13.6 Å². The van der Waals surface area contributed by atoms with Gasteiger partial charge in [-0.25, -0.2) is 8.78 Å². The Kier molecular flexibility index (Phi) is 5.77. The first-order valence-electron chi connectivity index (χ1n) is 9.45. The summed E-state index contributed by atoms with van der Waals surface area (Å²) in [5, 5.41) is 0. The fourth-order valence-electron chi connectivity index (χ4n) is 4.39. The first-order chi connectivity index (χ1) is 12.0. The first kappa shape index (κ1) is 18.4. The minimum Gasteiger partial charge on any atom is -0.345 e. The molecule has 3 rings (SSSR count). The molecule has 4 nitrogen and oxygen atoms in total. The molecule has 2 heterocycles. The number of nitrogens with zero attached hydrogens (tertiary/aromatic N) is 3. The van der Waals surface area contributed by atoms with E-state index in [4.69, 9.17) is 0 Å². The molecule has 140 valence electrons. The van der Waals surface area contributed by atoms with Crippen LogP contribution in [0.25, 0.3) is 0 Å². The molecule has 1 aromatic heterocycles. The van der Waals surface area contributed by atoms with Gasteiger partial charge in [-0.15, -0.1) is 0 Å². The zero-order chi connectivity index (χ0) is 18.0. The molecule has 0 aromatic carbocycles. The lowest BCUT2D eigenvalue weighted by Crippen LogP contribution is -2.49. The van der Waals surface area contributed by atoms with E-state index < -0.39 is 6.43 Å². The number of hydrogen-bond donors (Lipinski definition) is 0. The lowest BCUT2D eigenvalue weighted by molar-refractivity contribution is 0.0458. The zero-order valence-electron chi connectivity index (χ0n) is 15.3. The highest BCUT2D eigenvalue weighted by Gasteiger charge is 2.27. The average molecular weight is 353 g/mol. The largest absolute Gasteiger partial charge is 0.345 e. The van der Waals surface area contributed by atoms with Crippen LogP contribution in [0.3, 0.4) is 0 Å². The summed E-state index contributed by atoms with van der Waals surface area (Å²) >= 11 is 0. The molecule has 0 radical (unpaired) electrons. The molecule has 0 spiro atoms. The van der Waals surface area contributed by atoms with Crippen LogP contribution in [0.2, 0.25) is 0 Å². The summed E-state index contributed by atoms with van der Waals surface area (Å²) in [6.07, 6.45) is 3.90. The van der Waals surface area contributed by atoms with Crippen LogP contribution in [0.5, 0.6) is 0 Å². The van der Waals surface area contributed by atoms with E-state index in [0.717, 1.165) is 17.0 Å². The lowest BCUT2D eigenvalue weighted by Gasteiger charge is -2.34. The molecule has 0 atom stereocenters. The maximum Gasteiger partial charge on any atom is 0.255 e. The molecule has 0 N–H and O–H groups in total. The van der Waals surface area contributed by atoms with Gasteiger partial charge in [-0.05, 0) is 32.8 Å². The van der Waals surface area contributed by atoms with E-state index in [0.29, 0.717) is 32.2 Å². The Bertz CT molecular complexity index is 600. The van der Waals surface area contributed by atoms with E-state index in [2.05, 4.69) is 11.5 Å². The molecule has 1 saturated carbocycles. The van der Waals surface area contributed by atoms with E-state index in [1.807, 2.05) is 17.9 Å². The molecule has 2 fully saturated rings. The number of alkyl halides is 2. The second-order valence-electron chi connectivity index (χ2n) is 7.43. The standard InChI is InChI=1S/C19H29F2N3O/c1-14-12-17(15(2)24(14)16-6-4-3-5-7-16)19(25)23-10-8-22(9-11-23)13-18(20)21/h12,16,18H,3-11,13H2,1-2H3. The number of aromatic nitrogens is 1. The Balaban J connectivity index is 1.69. The fourth-order valence-corrected chi connectivity index (χ4v) is 4.39. The van der Waals surface area contributed by atoms with Crippen molar-refractivity contribution in [1.82, 2.24) is 14.4 Å². The fraction of sp³-hybridized carbons (Fsp3) is 0.737. The number of carbonyl (C=O) groups is 1. The zero-order valence-corrected chi connectivity index (χ0v) is 15.3. The molecule has 1 aromatic rings. The van der Waals surface area contributed by atoms with Crippen LogP contribution in [0.4, 0.5) is 8.78 Å². The Morgan fingerprint density at radius 3 is 2.36 bits per heavy atom. The monoisotopic (exact) mass is 353 g/mol. The molecule has 0 bridgehead atoms. The van der Waals surface area contributed by atoms with E-state index >= 15 is 0 Å². The topological polar surface area (TPSA) is 28.5 Å². The van der Waals surface area contributed by atoms with Crippen molar-refractivity contribution in [1.29, 1.82) is 0 Å². The van der Waals surface area contributed by atoms with Gasteiger partial charge in [0.2, 0.25) is 0 Å². The maximum atomic E-state index is 12.9. The smallest absolute Gasteiger partial charge is 0.255 e. The first-order valence-corrected chi connectivity index (χ1v) is 9.45. The van der Waals surface area contributed by atoms with Crippen LogP contribution < -0.4 is 0 Å². The predicted molar refractivity (Wildman–Crippen MR) is 94.4 cm³/mol. The van der Waals surface area contributed by atoms with Crippen LogP contribution in [0.1, 0.15) is 59.9 Å². The van der Waals surface area contributed by atoms with Crippen molar-refractivity contribution in [3.63, 3.8) is 0 Å². The third-order valence-electron chi connectivity index (χ3n) is 5.71. The average Bonchev–Trinajstić information content (AvgIpc) is 2.89. The van der Waals surface area contributed by atoms with Gasteiger partial charge in [0.05, 0.1) is 12.1 Å². The highest BCUT2D eigenvalue weighted by atomic mass is 19.3. The third kappa shape index (κ3) is 4.05. The van der Waals surface area contributed by atoms with Crippen molar-refractivity contribution in [3.8, 4) is 0 Å². The van der Waals surface area contributed by atoms with Gasteiger partial charge >= 0.3 is 0 Å². The highest BCUT2D eigenvalue weighted by molar-refractivity contribution is 5.95. The number of amides is 1. The van der Waals surface area contributed by atoms with Crippen LogP contribution in [0.15, 0.2) is 6.07 Å². The normalized spacial score (nSPS) is 20.4. The van der Waals surface area contributed by atoms with Crippen LogP contribution in [-0.2, 0) is 0 Å². The molecule has 6 heteroatoms. The molecule has 2 aliphatic rings. The van der Waals surface area contributed by atoms with Crippen molar-refractivity contribution in [3.05, 3.63) is 23.0 Å². The Morgan fingerprint density at radius 1 is 1.12 bits per heavy atom. The van der Waals surface area contributed by atoms with Gasteiger partial charge < -0.3 is 9.47 Å². The molecular formula is C19H29F2N3O. The van der Waals surface area contributed by atoms with Crippen LogP contribution in [-0.4, -0.2) is 59.4 Å². The van der Waals surface area contributed by atoms with Gasteiger partial charge in [0.1, 0.15) is 0 Å². The van der Waals surface area contributed by atoms with E-state index in [-0.39, 0.29) is 12.5 Å². The predicted octanol–water partition coefficient (Wildman–Crippen LogP) is 3.63. The number of halogens is 2. The summed E-state index contributed by atoms with van der Waals surface area (Å²) in [5.41, 5.74) is 3.00. The Labute approximate surface area is 148 Å². The van der Waals surface area contributed by atoms with Gasteiger partial charge in [0.15, 0.2) is 0 Å². The summed E-state index contributed by atoms with van der Waals surface area (Å²) in [7, 11) is 0. The summed E-state index contributed by atoms with van der Waals surface area (Å²) in [6, 6.07) is 2.52. The molecule has 0 unspecified atom stereocenters. The summed E-state index contributed by atoms with van der Waals surface area (Å²) in [6.45, 7) is 6.03. The van der Waals surface area contributed by atoms with Crippen molar-refractivity contribution in [2.24, 2.45) is 0 Å². The summed E-state index contributed by atoms with van der Waals surface area (Å²) in [5.74, 6) is 0.0480. The minimum atomic E-state index is -2.31. The second kappa shape index (κ2) is 7.85. The number of rotatable bonds is 4. The lowest BCUT2D eigenvalue weighted by atomic mass is 9.95. The van der Waals surface area contributed by atoms with Crippen molar-refractivity contribution in [2.45, 2.75) is 58.4 Å². The van der Waals surface area contributed by atoms with Crippen LogP contribution >= 0.6 is 0 Å². The van der Waals surface area contributed by atoms with Crippen molar-refractivity contribution >= 4 is 5.91 Å². The Hall–Kier alpha value is -1.43. The van der Waals surface area contributed by atoms with E-state index in [9.17, 15) is 13.6 Å². The number of hydrogen-bond acceptors (Lipinski definition) is 2. The molecule has 1 aliphatic carbocycles. The van der Waals surface area contributed by atoms with Gasteiger partial charge in [-0.1, -0.05) is 19.3 Å². The molecular weight excluding hydrogens is 324 g/mol. The van der Waals surface area contributed by atoms with E-state index in [1.54, 1.807) is 4.90 Å². The molecule has 25 heavy (non-hydrogen) atoms. The SMILES string of the molecule is Cc1cc(C(=O)N2CCN(CC(F)F)CC2)c(C)n1C1CCCCC1. The quantitative estimate of drug-likeness (QED) is 0.827. The summed E-state index contributed by atoms with van der Waals surface area (Å²) in [4.78, 5) is 16.5.